The highest BCUT2D eigenvalue weighted by molar-refractivity contribution is 5.79. The Kier molecular flexibility index (Phi) is 7.06. The van der Waals surface area contributed by atoms with Crippen molar-refractivity contribution in [1.29, 1.82) is 0 Å². The summed E-state index contributed by atoms with van der Waals surface area (Å²) in [6.07, 6.45) is 1.36. The smallest absolute Gasteiger partial charge is 0.224 e. The number of hydrogen-bond donors (Lipinski definition) is 1. The molecule has 1 heterocycles. The molecule has 1 amide bonds. The molecule has 1 aromatic heterocycles. The molecule has 3 rings (SSSR count). The number of nitrogens with one attached hydrogen (secondary N) is 1. The van der Waals surface area contributed by atoms with Crippen molar-refractivity contribution in [2.75, 3.05) is 20.6 Å². The standard InChI is InChI=1S/C25H32N4O/c1-6-20-12-14-21(15-13-20)24(28(4)5)17-26-25(30)16-23-18(2)27-29(19(23)3)22-10-8-7-9-11-22/h7-15,24H,6,16-17H2,1-5H3,(H,26,30). The molecule has 1 atom stereocenters. The lowest BCUT2D eigenvalue weighted by atomic mass is 10.0. The summed E-state index contributed by atoms with van der Waals surface area (Å²) in [5.41, 5.74) is 6.43. The van der Waals surface area contributed by atoms with Crippen LogP contribution >= 0.6 is 0 Å². The molecule has 0 fully saturated rings. The summed E-state index contributed by atoms with van der Waals surface area (Å²) < 4.78 is 1.91. The van der Waals surface area contributed by atoms with E-state index in [-0.39, 0.29) is 11.9 Å². The van der Waals surface area contributed by atoms with Crippen molar-refractivity contribution in [3.8, 4) is 5.69 Å². The molecular weight excluding hydrogens is 372 g/mol. The number of benzene rings is 2. The summed E-state index contributed by atoms with van der Waals surface area (Å²) >= 11 is 0. The van der Waals surface area contributed by atoms with E-state index >= 15 is 0 Å². The van der Waals surface area contributed by atoms with E-state index in [0.717, 1.165) is 29.1 Å². The van der Waals surface area contributed by atoms with Crippen LogP contribution in [0.25, 0.3) is 5.69 Å². The lowest BCUT2D eigenvalue weighted by Crippen LogP contribution is -2.35. The number of likely N-dealkylation sites (N-methyl/N-ethyl adjacent to an activating group) is 1. The molecule has 0 spiro atoms. The summed E-state index contributed by atoms with van der Waals surface area (Å²) in [5, 5.41) is 7.77. The fourth-order valence-corrected chi connectivity index (χ4v) is 3.76. The molecule has 1 N–H and O–H groups in total. The Balaban J connectivity index is 1.68. The van der Waals surface area contributed by atoms with Crippen molar-refractivity contribution in [3.05, 3.63) is 82.7 Å². The molecule has 0 saturated carbocycles. The SMILES string of the molecule is CCc1ccc(C(CNC(=O)Cc2c(C)nn(-c3ccccc3)c2C)N(C)C)cc1. The van der Waals surface area contributed by atoms with Crippen LogP contribution in [0.4, 0.5) is 0 Å². The van der Waals surface area contributed by atoms with Crippen LogP contribution in [-0.2, 0) is 17.6 Å². The Labute approximate surface area is 179 Å². The second-order valence-corrected chi connectivity index (χ2v) is 7.95. The fourth-order valence-electron chi connectivity index (χ4n) is 3.76. The number of aromatic nitrogens is 2. The first-order valence-electron chi connectivity index (χ1n) is 10.5. The van der Waals surface area contributed by atoms with Crippen LogP contribution in [0.15, 0.2) is 54.6 Å². The number of para-hydroxylation sites is 1. The summed E-state index contributed by atoms with van der Waals surface area (Å²) in [7, 11) is 4.09. The number of nitrogens with zero attached hydrogens (tertiary/aromatic N) is 3. The Morgan fingerprint density at radius 2 is 1.73 bits per heavy atom. The van der Waals surface area contributed by atoms with E-state index in [1.807, 2.05) is 63.0 Å². The third-order valence-electron chi connectivity index (χ3n) is 5.67. The van der Waals surface area contributed by atoms with Crippen molar-refractivity contribution in [3.63, 3.8) is 0 Å². The van der Waals surface area contributed by atoms with E-state index in [4.69, 9.17) is 0 Å². The molecule has 0 aliphatic rings. The van der Waals surface area contributed by atoms with Crippen LogP contribution in [0.2, 0.25) is 0 Å². The van der Waals surface area contributed by atoms with Gasteiger partial charge < -0.3 is 10.2 Å². The number of rotatable bonds is 8. The van der Waals surface area contributed by atoms with Gasteiger partial charge in [-0.3, -0.25) is 4.79 Å². The maximum absolute atomic E-state index is 12.8. The maximum Gasteiger partial charge on any atom is 0.224 e. The summed E-state index contributed by atoms with van der Waals surface area (Å²) in [6.45, 7) is 6.71. The van der Waals surface area contributed by atoms with Gasteiger partial charge in [0.05, 0.1) is 23.8 Å². The van der Waals surface area contributed by atoms with Crippen molar-refractivity contribution < 1.29 is 4.79 Å². The Morgan fingerprint density at radius 1 is 1.07 bits per heavy atom. The Hall–Kier alpha value is -2.92. The van der Waals surface area contributed by atoms with Crippen LogP contribution in [0, 0.1) is 13.8 Å². The van der Waals surface area contributed by atoms with Crippen LogP contribution in [0.5, 0.6) is 0 Å². The predicted octanol–water partition coefficient (Wildman–Crippen LogP) is 4.01. The topological polar surface area (TPSA) is 50.2 Å². The lowest BCUT2D eigenvalue weighted by molar-refractivity contribution is -0.120. The van der Waals surface area contributed by atoms with E-state index in [9.17, 15) is 4.79 Å². The summed E-state index contributed by atoms with van der Waals surface area (Å²) in [4.78, 5) is 14.9. The minimum atomic E-state index is 0.0193. The molecule has 1 unspecified atom stereocenters. The molecule has 158 valence electrons. The number of amides is 1. The highest BCUT2D eigenvalue weighted by atomic mass is 16.1. The highest BCUT2D eigenvalue weighted by Gasteiger charge is 2.18. The molecule has 3 aromatic rings. The zero-order valence-corrected chi connectivity index (χ0v) is 18.6. The summed E-state index contributed by atoms with van der Waals surface area (Å²) in [5.74, 6) is 0.0193. The van der Waals surface area contributed by atoms with E-state index in [1.165, 1.54) is 11.1 Å². The van der Waals surface area contributed by atoms with E-state index < -0.39 is 0 Å². The third kappa shape index (κ3) is 4.97. The third-order valence-corrected chi connectivity index (χ3v) is 5.67. The predicted molar refractivity (Wildman–Crippen MR) is 122 cm³/mol. The minimum Gasteiger partial charge on any atom is -0.354 e. The van der Waals surface area contributed by atoms with Gasteiger partial charge in [-0.05, 0) is 57.6 Å². The van der Waals surface area contributed by atoms with Gasteiger partial charge in [0.1, 0.15) is 0 Å². The number of hydrogen-bond acceptors (Lipinski definition) is 3. The normalized spacial score (nSPS) is 12.2. The fraction of sp³-hybridized carbons (Fsp3) is 0.360. The van der Waals surface area contributed by atoms with Gasteiger partial charge in [-0.25, -0.2) is 4.68 Å². The molecule has 5 nitrogen and oxygen atoms in total. The zero-order valence-electron chi connectivity index (χ0n) is 18.6. The largest absolute Gasteiger partial charge is 0.354 e. The van der Waals surface area contributed by atoms with E-state index in [2.05, 4.69) is 46.5 Å². The minimum absolute atomic E-state index is 0.0193. The second kappa shape index (κ2) is 9.72. The first-order valence-corrected chi connectivity index (χ1v) is 10.5. The molecule has 2 aromatic carbocycles. The highest BCUT2D eigenvalue weighted by Crippen LogP contribution is 2.20. The quantitative estimate of drug-likeness (QED) is 0.617. The van der Waals surface area contributed by atoms with Crippen molar-refractivity contribution in [2.45, 2.75) is 39.7 Å². The van der Waals surface area contributed by atoms with Gasteiger partial charge in [0.25, 0.3) is 0 Å². The van der Waals surface area contributed by atoms with Gasteiger partial charge in [-0.15, -0.1) is 0 Å². The van der Waals surface area contributed by atoms with Gasteiger partial charge >= 0.3 is 0 Å². The van der Waals surface area contributed by atoms with Crippen molar-refractivity contribution in [1.82, 2.24) is 20.0 Å². The maximum atomic E-state index is 12.8. The van der Waals surface area contributed by atoms with Gasteiger partial charge in [-0.2, -0.15) is 5.10 Å². The van der Waals surface area contributed by atoms with Gasteiger partial charge in [0.15, 0.2) is 0 Å². The lowest BCUT2D eigenvalue weighted by Gasteiger charge is -2.25. The van der Waals surface area contributed by atoms with Gasteiger partial charge in [0.2, 0.25) is 5.91 Å². The van der Waals surface area contributed by atoms with Crippen LogP contribution in [-0.4, -0.2) is 41.2 Å². The van der Waals surface area contributed by atoms with Crippen LogP contribution in [0.3, 0.4) is 0 Å². The number of aryl methyl sites for hydroxylation is 2. The first kappa shape index (κ1) is 21.8. The molecule has 0 bridgehead atoms. The van der Waals surface area contributed by atoms with E-state index in [1.54, 1.807) is 0 Å². The molecular formula is C25H32N4O. The summed E-state index contributed by atoms with van der Waals surface area (Å²) in [6, 6.07) is 18.8. The van der Waals surface area contributed by atoms with E-state index in [0.29, 0.717) is 13.0 Å². The average Bonchev–Trinajstić information content (AvgIpc) is 3.03. The van der Waals surface area contributed by atoms with Crippen LogP contribution < -0.4 is 5.32 Å². The molecule has 5 heteroatoms. The molecule has 30 heavy (non-hydrogen) atoms. The monoisotopic (exact) mass is 404 g/mol. The molecule has 0 radical (unpaired) electrons. The second-order valence-electron chi connectivity index (χ2n) is 7.95. The van der Waals surface area contributed by atoms with Crippen molar-refractivity contribution in [2.24, 2.45) is 0 Å². The van der Waals surface area contributed by atoms with Gasteiger partial charge in [-0.1, -0.05) is 49.4 Å². The first-order chi connectivity index (χ1) is 14.4. The van der Waals surface area contributed by atoms with Crippen LogP contribution in [0.1, 0.15) is 41.0 Å². The number of carbonyl (C=O) groups excluding carboxylic acids is 1. The Morgan fingerprint density at radius 3 is 2.33 bits per heavy atom. The van der Waals surface area contributed by atoms with Gasteiger partial charge in [0, 0.05) is 17.8 Å². The number of carbonyl (C=O) groups is 1. The molecule has 0 aliphatic carbocycles. The average molecular weight is 405 g/mol. The molecule has 0 saturated heterocycles. The van der Waals surface area contributed by atoms with Crippen molar-refractivity contribution >= 4 is 5.91 Å². The molecule has 0 aliphatic heterocycles. The Bertz CT molecular complexity index is 974. The zero-order chi connectivity index (χ0) is 21.7.